The molecule has 0 spiro atoms. The van der Waals surface area contributed by atoms with Crippen LogP contribution in [0.2, 0.25) is 5.28 Å². The summed E-state index contributed by atoms with van der Waals surface area (Å²) in [5.74, 6) is 0.840. The van der Waals surface area contributed by atoms with Crippen molar-refractivity contribution in [1.82, 2.24) is 24.5 Å². The third-order valence-corrected chi connectivity index (χ3v) is 3.39. The van der Waals surface area contributed by atoms with Gasteiger partial charge in [0.2, 0.25) is 17.2 Å². The number of nitrogens with one attached hydrogen (secondary N) is 1. The molecule has 0 aliphatic rings. The molecule has 0 saturated carbocycles. The molecule has 0 atom stereocenters. The molecule has 1 aromatic carbocycles. The lowest BCUT2D eigenvalue weighted by Gasteiger charge is -2.07. The summed E-state index contributed by atoms with van der Waals surface area (Å²) in [6.07, 6.45) is 4.99. The number of halogens is 2. The van der Waals surface area contributed by atoms with Crippen LogP contribution in [-0.2, 0) is 6.54 Å². The van der Waals surface area contributed by atoms with Crippen molar-refractivity contribution < 1.29 is 0 Å². The molecule has 0 bridgehead atoms. The van der Waals surface area contributed by atoms with E-state index in [1.165, 1.54) is 0 Å². The first-order valence-electron chi connectivity index (χ1n) is 6.09. The van der Waals surface area contributed by atoms with E-state index in [2.05, 4.69) is 41.2 Å². The Kier molecular flexibility index (Phi) is 4.12. The Bertz CT molecular complexity index is 729. The first-order chi connectivity index (χ1) is 10.2. The minimum atomic E-state index is 0.131. The first-order valence-corrected chi connectivity index (χ1v) is 7.26. The standard InChI is InChI=1S/C13H10BrClN6/c14-10-3-1-9(2-4-10)7-17-12-18-11(15)19-13(20-12)21-6-5-16-8-21/h1-6,8H,7H2,(H,17,18,19,20). The summed E-state index contributed by atoms with van der Waals surface area (Å²) in [5.41, 5.74) is 1.11. The highest BCUT2D eigenvalue weighted by atomic mass is 79.9. The second kappa shape index (κ2) is 6.19. The summed E-state index contributed by atoms with van der Waals surface area (Å²) in [5, 5.41) is 3.26. The van der Waals surface area contributed by atoms with Gasteiger partial charge in [-0.25, -0.2) is 4.98 Å². The molecule has 8 heteroatoms. The van der Waals surface area contributed by atoms with Crippen molar-refractivity contribution in [3.63, 3.8) is 0 Å². The van der Waals surface area contributed by atoms with Crippen molar-refractivity contribution in [1.29, 1.82) is 0 Å². The molecule has 106 valence electrons. The molecular weight excluding hydrogens is 356 g/mol. The number of hydrogen-bond donors (Lipinski definition) is 1. The molecule has 0 fully saturated rings. The first kappa shape index (κ1) is 14.0. The maximum atomic E-state index is 5.93. The normalized spacial score (nSPS) is 10.6. The summed E-state index contributed by atoms with van der Waals surface area (Å²) in [4.78, 5) is 16.4. The van der Waals surface area contributed by atoms with Crippen LogP contribution < -0.4 is 5.32 Å². The number of aromatic nitrogens is 5. The van der Waals surface area contributed by atoms with E-state index in [0.29, 0.717) is 18.4 Å². The van der Waals surface area contributed by atoms with E-state index in [1.807, 2.05) is 24.3 Å². The van der Waals surface area contributed by atoms with Gasteiger partial charge in [-0.3, -0.25) is 4.57 Å². The second-order valence-corrected chi connectivity index (χ2v) is 5.43. The van der Waals surface area contributed by atoms with Gasteiger partial charge in [-0.05, 0) is 29.3 Å². The molecule has 0 radical (unpaired) electrons. The minimum Gasteiger partial charge on any atom is -0.350 e. The monoisotopic (exact) mass is 364 g/mol. The number of rotatable bonds is 4. The zero-order valence-electron chi connectivity index (χ0n) is 10.7. The van der Waals surface area contributed by atoms with Gasteiger partial charge in [-0.2, -0.15) is 15.0 Å². The predicted molar refractivity (Wildman–Crippen MR) is 83.4 cm³/mol. The van der Waals surface area contributed by atoms with Crippen LogP contribution in [0.5, 0.6) is 0 Å². The largest absolute Gasteiger partial charge is 0.350 e. The Labute approximate surface area is 134 Å². The Balaban J connectivity index is 1.78. The van der Waals surface area contributed by atoms with Crippen LogP contribution >= 0.6 is 27.5 Å². The number of nitrogens with zero attached hydrogens (tertiary/aromatic N) is 5. The lowest BCUT2D eigenvalue weighted by Crippen LogP contribution is -2.08. The van der Waals surface area contributed by atoms with E-state index in [9.17, 15) is 0 Å². The van der Waals surface area contributed by atoms with Crippen molar-refractivity contribution in [2.24, 2.45) is 0 Å². The van der Waals surface area contributed by atoms with Crippen molar-refractivity contribution >= 4 is 33.5 Å². The average molecular weight is 366 g/mol. The quantitative estimate of drug-likeness (QED) is 0.769. The molecule has 0 aliphatic carbocycles. The smallest absolute Gasteiger partial charge is 0.241 e. The molecule has 1 N–H and O–H groups in total. The zero-order chi connectivity index (χ0) is 14.7. The van der Waals surface area contributed by atoms with E-state index in [-0.39, 0.29) is 5.28 Å². The summed E-state index contributed by atoms with van der Waals surface area (Å²) in [6, 6.07) is 7.98. The highest BCUT2D eigenvalue weighted by Gasteiger charge is 2.06. The minimum absolute atomic E-state index is 0.131. The predicted octanol–water partition coefficient (Wildman–Crippen LogP) is 3.09. The van der Waals surface area contributed by atoms with Crippen LogP contribution in [-0.4, -0.2) is 24.5 Å². The Hall–Kier alpha value is -1.99. The van der Waals surface area contributed by atoms with Gasteiger partial charge in [0.25, 0.3) is 0 Å². The van der Waals surface area contributed by atoms with E-state index in [1.54, 1.807) is 23.3 Å². The number of hydrogen-bond acceptors (Lipinski definition) is 5. The van der Waals surface area contributed by atoms with Crippen molar-refractivity contribution in [2.75, 3.05) is 5.32 Å². The summed E-state index contributed by atoms with van der Waals surface area (Å²) >= 11 is 9.33. The summed E-state index contributed by atoms with van der Waals surface area (Å²) in [7, 11) is 0. The molecule has 6 nitrogen and oxygen atoms in total. The fourth-order valence-corrected chi connectivity index (χ4v) is 2.11. The van der Waals surface area contributed by atoms with Gasteiger partial charge in [-0.15, -0.1) is 0 Å². The highest BCUT2D eigenvalue weighted by Crippen LogP contribution is 2.13. The second-order valence-electron chi connectivity index (χ2n) is 4.18. The lowest BCUT2D eigenvalue weighted by atomic mass is 10.2. The number of benzene rings is 1. The topological polar surface area (TPSA) is 68.5 Å². The summed E-state index contributed by atoms with van der Waals surface area (Å²) in [6.45, 7) is 0.594. The molecule has 0 amide bonds. The van der Waals surface area contributed by atoms with Crippen LogP contribution in [0.1, 0.15) is 5.56 Å². The van der Waals surface area contributed by atoms with E-state index in [0.717, 1.165) is 10.0 Å². The maximum absolute atomic E-state index is 5.93. The van der Waals surface area contributed by atoms with Crippen molar-refractivity contribution in [3.8, 4) is 5.95 Å². The van der Waals surface area contributed by atoms with Gasteiger partial charge in [0.1, 0.15) is 6.33 Å². The van der Waals surface area contributed by atoms with E-state index < -0.39 is 0 Å². The Morgan fingerprint density at radius 1 is 1.14 bits per heavy atom. The van der Waals surface area contributed by atoms with Gasteiger partial charge in [0.05, 0.1) is 0 Å². The Morgan fingerprint density at radius 3 is 2.67 bits per heavy atom. The van der Waals surface area contributed by atoms with Crippen molar-refractivity contribution in [2.45, 2.75) is 6.54 Å². The Morgan fingerprint density at radius 2 is 1.95 bits per heavy atom. The lowest BCUT2D eigenvalue weighted by molar-refractivity contribution is 0.888. The molecular formula is C13H10BrClN6. The average Bonchev–Trinajstić information content (AvgIpc) is 3.00. The molecule has 0 unspecified atom stereocenters. The molecule has 3 rings (SSSR count). The molecule has 2 aromatic heterocycles. The zero-order valence-corrected chi connectivity index (χ0v) is 13.1. The molecule has 3 aromatic rings. The third-order valence-electron chi connectivity index (χ3n) is 2.70. The van der Waals surface area contributed by atoms with Crippen LogP contribution in [0, 0.1) is 0 Å². The van der Waals surface area contributed by atoms with Crippen LogP contribution in [0.25, 0.3) is 5.95 Å². The third kappa shape index (κ3) is 3.56. The fourth-order valence-electron chi connectivity index (χ4n) is 1.69. The maximum Gasteiger partial charge on any atom is 0.241 e. The molecule has 2 heterocycles. The SMILES string of the molecule is Clc1nc(NCc2ccc(Br)cc2)nc(-n2ccnc2)n1. The van der Waals surface area contributed by atoms with Crippen molar-refractivity contribution in [3.05, 3.63) is 58.3 Å². The summed E-state index contributed by atoms with van der Waals surface area (Å²) < 4.78 is 2.70. The number of anilines is 1. The van der Waals surface area contributed by atoms with Gasteiger partial charge in [0, 0.05) is 23.4 Å². The van der Waals surface area contributed by atoms with Crippen LogP contribution in [0.15, 0.2) is 47.5 Å². The molecule has 21 heavy (non-hydrogen) atoms. The van der Waals surface area contributed by atoms with Gasteiger partial charge < -0.3 is 5.32 Å². The number of imidazole rings is 1. The van der Waals surface area contributed by atoms with Gasteiger partial charge in [-0.1, -0.05) is 28.1 Å². The van der Waals surface area contributed by atoms with Gasteiger partial charge >= 0.3 is 0 Å². The van der Waals surface area contributed by atoms with Gasteiger partial charge in [0.15, 0.2) is 0 Å². The molecule has 0 aliphatic heterocycles. The van der Waals surface area contributed by atoms with Crippen LogP contribution in [0.3, 0.4) is 0 Å². The van der Waals surface area contributed by atoms with Crippen LogP contribution in [0.4, 0.5) is 5.95 Å². The highest BCUT2D eigenvalue weighted by molar-refractivity contribution is 9.10. The molecule has 0 saturated heterocycles. The van der Waals surface area contributed by atoms with E-state index in [4.69, 9.17) is 11.6 Å². The van der Waals surface area contributed by atoms with E-state index >= 15 is 0 Å². The fraction of sp³-hybridized carbons (Fsp3) is 0.0769.